The summed E-state index contributed by atoms with van der Waals surface area (Å²) in [6.45, 7) is 0.207. The molecule has 0 radical (unpaired) electrons. The molecule has 18 heavy (non-hydrogen) atoms. The number of amides is 1. The lowest BCUT2D eigenvalue weighted by atomic mass is 9.89. The average Bonchev–Trinajstić information content (AvgIpc) is 2.84. The number of fused-ring (bicyclic) bond motifs is 4. The molecule has 4 nitrogen and oxygen atoms in total. The Kier molecular flexibility index (Phi) is 1.78. The number of hydrogen-bond donors (Lipinski definition) is 0. The van der Waals surface area contributed by atoms with Crippen LogP contribution in [-0.4, -0.2) is 18.4 Å². The van der Waals surface area contributed by atoms with Crippen LogP contribution in [-0.2, 0) is 0 Å². The molecule has 1 aromatic rings. The molecule has 4 rings (SSSR count). The van der Waals surface area contributed by atoms with Gasteiger partial charge in [-0.1, -0.05) is 12.2 Å². The van der Waals surface area contributed by atoms with E-state index in [1.807, 2.05) is 18.2 Å². The first kappa shape index (κ1) is 9.65. The van der Waals surface area contributed by atoms with Gasteiger partial charge in [0.2, 0.25) is 6.79 Å². The van der Waals surface area contributed by atoms with Crippen LogP contribution in [0.25, 0.3) is 5.57 Å². The van der Waals surface area contributed by atoms with Crippen LogP contribution in [0.4, 0.5) is 0 Å². The molecule has 0 bridgehead atoms. The standard InChI is InChI=1S/C14H9NO3/c16-14-10-6-13-12(17-7-18-13)5-9(10)8-3-1-2-4-11(8)15-14/h2-6H,1,7H2. The van der Waals surface area contributed by atoms with Crippen molar-refractivity contribution in [3.05, 3.63) is 41.5 Å². The van der Waals surface area contributed by atoms with Gasteiger partial charge in [-0.25, -0.2) is 4.99 Å². The molecule has 88 valence electrons. The summed E-state index contributed by atoms with van der Waals surface area (Å²) >= 11 is 0. The largest absolute Gasteiger partial charge is 0.454 e. The van der Waals surface area contributed by atoms with Crippen LogP contribution >= 0.6 is 0 Å². The van der Waals surface area contributed by atoms with E-state index < -0.39 is 0 Å². The fourth-order valence-corrected chi connectivity index (χ4v) is 2.42. The topological polar surface area (TPSA) is 47.9 Å². The van der Waals surface area contributed by atoms with Crippen molar-refractivity contribution in [3.8, 4) is 11.5 Å². The Labute approximate surface area is 103 Å². The molecule has 0 saturated carbocycles. The molecule has 0 atom stereocenters. The Morgan fingerprint density at radius 2 is 1.89 bits per heavy atom. The summed E-state index contributed by atoms with van der Waals surface area (Å²) in [7, 11) is 0. The van der Waals surface area contributed by atoms with Crippen LogP contribution in [0.5, 0.6) is 11.5 Å². The summed E-state index contributed by atoms with van der Waals surface area (Å²) < 4.78 is 10.7. The van der Waals surface area contributed by atoms with Gasteiger partial charge < -0.3 is 9.47 Å². The molecule has 0 fully saturated rings. The lowest BCUT2D eigenvalue weighted by molar-refractivity contribution is 0.100. The van der Waals surface area contributed by atoms with Gasteiger partial charge in [-0.15, -0.1) is 0 Å². The second-order valence-corrected chi connectivity index (χ2v) is 4.31. The van der Waals surface area contributed by atoms with Crippen LogP contribution in [0, 0.1) is 0 Å². The number of nitrogens with zero attached hydrogens (tertiary/aromatic N) is 1. The van der Waals surface area contributed by atoms with E-state index in [1.54, 1.807) is 6.07 Å². The average molecular weight is 239 g/mol. The van der Waals surface area contributed by atoms with Gasteiger partial charge in [-0.3, -0.25) is 4.79 Å². The van der Waals surface area contributed by atoms with Crippen LogP contribution in [0.15, 0.2) is 35.4 Å². The first-order valence-electron chi connectivity index (χ1n) is 5.77. The molecule has 1 aromatic carbocycles. The summed E-state index contributed by atoms with van der Waals surface area (Å²) in [5, 5.41) is 0. The van der Waals surface area contributed by atoms with Crippen molar-refractivity contribution in [3.63, 3.8) is 0 Å². The zero-order valence-electron chi connectivity index (χ0n) is 9.47. The third kappa shape index (κ3) is 1.20. The van der Waals surface area contributed by atoms with Crippen LogP contribution < -0.4 is 9.47 Å². The van der Waals surface area contributed by atoms with Gasteiger partial charge in [0.25, 0.3) is 5.91 Å². The number of hydrogen-bond acceptors (Lipinski definition) is 3. The Hall–Kier alpha value is -2.36. The third-order valence-corrected chi connectivity index (χ3v) is 3.27. The van der Waals surface area contributed by atoms with Crippen molar-refractivity contribution < 1.29 is 14.3 Å². The highest BCUT2D eigenvalue weighted by atomic mass is 16.7. The number of ether oxygens (including phenoxy) is 2. The van der Waals surface area contributed by atoms with E-state index >= 15 is 0 Å². The van der Waals surface area contributed by atoms with Gasteiger partial charge in [0.05, 0.1) is 11.3 Å². The number of benzene rings is 1. The molecule has 3 aliphatic rings. The normalized spacial score (nSPS) is 19.0. The van der Waals surface area contributed by atoms with Gasteiger partial charge in [-0.2, -0.15) is 0 Å². The molecule has 0 N–H and O–H groups in total. The SMILES string of the molecule is O=C1N=C2C=CCC=C2c2cc3c(cc21)OCO3. The van der Waals surface area contributed by atoms with E-state index in [4.69, 9.17) is 9.47 Å². The van der Waals surface area contributed by atoms with Crippen molar-refractivity contribution in [1.29, 1.82) is 0 Å². The molecule has 0 unspecified atom stereocenters. The number of carbonyl (C=O) groups excluding carboxylic acids is 1. The molecule has 2 heterocycles. The van der Waals surface area contributed by atoms with E-state index in [0.717, 1.165) is 23.3 Å². The fraction of sp³-hybridized carbons (Fsp3) is 0.143. The van der Waals surface area contributed by atoms with Gasteiger partial charge in [-0.05, 0) is 24.6 Å². The summed E-state index contributed by atoms with van der Waals surface area (Å²) in [6.07, 6.45) is 6.82. The molecule has 4 heteroatoms. The molecule has 0 spiro atoms. The van der Waals surface area contributed by atoms with Crippen LogP contribution in [0.2, 0.25) is 0 Å². The maximum atomic E-state index is 12.0. The van der Waals surface area contributed by atoms with E-state index in [0.29, 0.717) is 17.1 Å². The van der Waals surface area contributed by atoms with Crippen molar-refractivity contribution in [2.24, 2.45) is 4.99 Å². The van der Waals surface area contributed by atoms with E-state index in [1.165, 1.54) is 0 Å². The Bertz CT molecular complexity index is 668. The van der Waals surface area contributed by atoms with Gasteiger partial charge in [0.15, 0.2) is 11.5 Å². The van der Waals surface area contributed by atoms with E-state index in [2.05, 4.69) is 11.1 Å². The molecule has 2 aliphatic heterocycles. The van der Waals surface area contributed by atoms with Crippen molar-refractivity contribution in [1.82, 2.24) is 0 Å². The summed E-state index contributed by atoms with van der Waals surface area (Å²) in [5.74, 6) is 1.09. The first-order valence-corrected chi connectivity index (χ1v) is 5.77. The third-order valence-electron chi connectivity index (χ3n) is 3.27. The fourth-order valence-electron chi connectivity index (χ4n) is 2.42. The molecule has 0 saturated heterocycles. The zero-order valence-corrected chi connectivity index (χ0v) is 9.47. The van der Waals surface area contributed by atoms with E-state index in [9.17, 15) is 4.79 Å². The second-order valence-electron chi connectivity index (χ2n) is 4.31. The zero-order chi connectivity index (χ0) is 12.1. The van der Waals surface area contributed by atoms with Crippen LogP contribution in [0.1, 0.15) is 22.3 Å². The molecular formula is C14H9NO3. The predicted molar refractivity (Wildman–Crippen MR) is 66.1 cm³/mol. The second kappa shape index (κ2) is 3.32. The minimum atomic E-state index is -0.220. The maximum Gasteiger partial charge on any atom is 0.278 e. The smallest absolute Gasteiger partial charge is 0.278 e. The van der Waals surface area contributed by atoms with Crippen molar-refractivity contribution >= 4 is 17.2 Å². The van der Waals surface area contributed by atoms with Gasteiger partial charge in [0.1, 0.15) is 0 Å². The summed E-state index contributed by atoms with van der Waals surface area (Å²) in [4.78, 5) is 16.1. The highest BCUT2D eigenvalue weighted by Crippen LogP contribution is 2.40. The lowest BCUT2D eigenvalue weighted by Crippen LogP contribution is -2.15. The van der Waals surface area contributed by atoms with Crippen molar-refractivity contribution in [2.45, 2.75) is 6.42 Å². The molecule has 1 aliphatic carbocycles. The molecule has 1 amide bonds. The number of carbonyl (C=O) groups is 1. The minimum Gasteiger partial charge on any atom is -0.454 e. The molecule has 0 aromatic heterocycles. The first-order chi connectivity index (χ1) is 8.83. The van der Waals surface area contributed by atoms with Crippen LogP contribution in [0.3, 0.4) is 0 Å². The summed E-state index contributed by atoms with van der Waals surface area (Å²) in [6, 6.07) is 3.59. The number of rotatable bonds is 0. The monoisotopic (exact) mass is 239 g/mol. The van der Waals surface area contributed by atoms with E-state index in [-0.39, 0.29) is 12.7 Å². The number of allylic oxidation sites excluding steroid dienone is 4. The quantitative estimate of drug-likeness (QED) is 0.698. The Balaban J connectivity index is 1.98. The minimum absolute atomic E-state index is 0.207. The van der Waals surface area contributed by atoms with Gasteiger partial charge >= 0.3 is 0 Å². The predicted octanol–water partition coefficient (Wildman–Crippen LogP) is 2.35. The Morgan fingerprint density at radius 3 is 2.72 bits per heavy atom. The number of aliphatic imine (C=N–C) groups is 1. The summed E-state index contributed by atoms with van der Waals surface area (Å²) in [5.41, 5.74) is 3.21. The maximum absolute atomic E-state index is 12.0. The highest BCUT2D eigenvalue weighted by molar-refractivity contribution is 6.36. The molecular weight excluding hydrogens is 230 g/mol. The Morgan fingerprint density at radius 1 is 1.11 bits per heavy atom. The van der Waals surface area contributed by atoms with Crippen molar-refractivity contribution in [2.75, 3.05) is 6.79 Å². The highest BCUT2D eigenvalue weighted by Gasteiger charge is 2.27. The van der Waals surface area contributed by atoms with Gasteiger partial charge in [0, 0.05) is 11.1 Å². The lowest BCUT2D eigenvalue weighted by Gasteiger charge is -2.19.